The molecular formula is C49H22O3. The molecule has 14 aromatic carbocycles. The molecule has 0 heterocycles. The summed E-state index contributed by atoms with van der Waals surface area (Å²) in [6.45, 7) is 0. The molecule has 0 amide bonds. The molecule has 0 N–H and O–H groups in total. The van der Waals surface area contributed by atoms with Crippen molar-refractivity contribution in [2.24, 2.45) is 0 Å². The molecule has 236 valence electrons. The lowest BCUT2D eigenvalue weighted by Gasteiger charge is -2.22. The summed E-state index contributed by atoms with van der Waals surface area (Å²) in [5, 5.41) is 28.4. The first-order valence-corrected chi connectivity index (χ1v) is 17.8. The van der Waals surface area contributed by atoms with E-state index in [0.717, 1.165) is 32.3 Å². The highest BCUT2D eigenvalue weighted by molar-refractivity contribution is 6.46. The maximum absolute atomic E-state index is 14.1. The Balaban J connectivity index is 0.993. The van der Waals surface area contributed by atoms with Crippen molar-refractivity contribution in [2.75, 3.05) is 0 Å². The minimum absolute atomic E-state index is 0.498. The second kappa shape index (κ2) is 8.48. The molecular weight excluding hydrogens is 637 g/mol. The molecule has 0 atom stereocenters. The zero-order chi connectivity index (χ0) is 33.6. The minimum Gasteiger partial charge on any atom is -0.394 e. The van der Waals surface area contributed by atoms with Gasteiger partial charge in [-0.25, -0.2) is 4.79 Å². The first kappa shape index (κ1) is 25.9. The second-order valence-electron chi connectivity index (χ2n) is 14.7. The van der Waals surface area contributed by atoms with Crippen molar-refractivity contribution < 1.29 is 14.3 Å². The van der Waals surface area contributed by atoms with E-state index in [1.807, 2.05) is 12.1 Å². The van der Waals surface area contributed by atoms with Crippen LogP contribution in [0.4, 0.5) is 4.79 Å². The fraction of sp³-hybridized carbons (Fsp3) is 0. The van der Waals surface area contributed by atoms with Gasteiger partial charge in [-0.1, -0.05) is 109 Å². The van der Waals surface area contributed by atoms with Gasteiger partial charge < -0.3 is 9.47 Å². The zero-order valence-corrected chi connectivity index (χ0v) is 27.4. The van der Waals surface area contributed by atoms with Gasteiger partial charge in [-0.3, -0.25) is 0 Å². The highest BCUT2D eigenvalue weighted by atomic mass is 16.7. The third kappa shape index (κ3) is 2.86. The molecule has 0 spiro atoms. The lowest BCUT2D eigenvalue weighted by Crippen LogP contribution is -2.14. The lowest BCUT2D eigenvalue weighted by molar-refractivity contribution is 0.153. The Kier molecular flexibility index (Phi) is 4.23. The summed E-state index contributed by atoms with van der Waals surface area (Å²) < 4.78 is 12.5. The number of rotatable bonds is 2. The Morgan fingerprint density at radius 1 is 0.269 bits per heavy atom. The standard InChI is InChI=1S/C49H22O3/c50-49(51-35-21-31-15-13-27-7-3-23-1-5-25-9-11-29-17-19-33(35)47-43(29)39(25)37(23)41(27)45(31)47)52-36-22-32-16-14-28-8-4-24-2-6-26-10-12-30-18-20-34(36)48-44(30)40(26)38(24)42(28)46(32)48/h1-22H. The van der Waals surface area contributed by atoms with Crippen LogP contribution in [-0.4, -0.2) is 6.16 Å². The van der Waals surface area contributed by atoms with Gasteiger partial charge in [0.1, 0.15) is 11.5 Å². The SMILES string of the molecule is O=C(Oc1cc2ccc3ccc4ccc5ccc6ccc1c1c6c5c4c3c21)Oc1cc2ccc3ccc4ccc5ccc6ccc1c1c6c5c4c3c21. The Morgan fingerprint density at radius 2 is 0.481 bits per heavy atom. The summed E-state index contributed by atoms with van der Waals surface area (Å²) in [7, 11) is 0. The smallest absolute Gasteiger partial charge is 0.394 e. The van der Waals surface area contributed by atoms with Gasteiger partial charge in [-0.2, -0.15) is 0 Å². The molecule has 52 heavy (non-hydrogen) atoms. The molecule has 3 heteroatoms. The van der Waals surface area contributed by atoms with Crippen LogP contribution in [0.25, 0.3) is 129 Å². The molecule has 0 aliphatic heterocycles. The van der Waals surface area contributed by atoms with E-state index in [4.69, 9.17) is 9.47 Å². The van der Waals surface area contributed by atoms with E-state index >= 15 is 0 Å². The average Bonchev–Trinajstić information content (AvgIpc) is 3.18. The van der Waals surface area contributed by atoms with Crippen molar-refractivity contribution in [3.63, 3.8) is 0 Å². The van der Waals surface area contributed by atoms with Crippen molar-refractivity contribution in [3.05, 3.63) is 133 Å². The van der Waals surface area contributed by atoms with Gasteiger partial charge in [-0.05, 0) is 132 Å². The van der Waals surface area contributed by atoms with Gasteiger partial charge in [-0.15, -0.1) is 0 Å². The van der Waals surface area contributed by atoms with Crippen LogP contribution in [0.15, 0.2) is 133 Å². The van der Waals surface area contributed by atoms with Crippen molar-refractivity contribution in [1.29, 1.82) is 0 Å². The number of ether oxygens (including phenoxy) is 2. The molecule has 0 aromatic heterocycles. The van der Waals surface area contributed by atoms with Crippen LogP contribution in [0.1, 0.15) is 0 Å². The monoisotopic (exact) mass is 658 g/mol. The Morgan fingerprint density at radius 3 is 0.769 bits per heavy atom. The third-order valence-electron chi connectivity index (χ3n) is 12.3. The largest absolute Gasteiger partial charge is 0.519 e. The van der Waals surface area contributed by atoms with E-state index in [0.29, 0.717) is 11.5 Å². The van der Waals surface area contributed by atoms with E-state index in [9.17, 15) is 4.79 Å². The fourth-order valence-corrected chi connectivity index (χ4v) is 10.3. The number of hydrogen-bond acceptors (Lipinski definition) is 3. The highest BCUT2D eigenvalue weighted by Gasteiger charge is 2.25. The number of carbonyl (C=O) groups excluding carboxylic acids is 1. The van der Waals surface area contributed by atoms with Crippen molar-refractivity contribution in [1.82, 2.24) is 0 Å². The molecule has 14 aromatic rings. The normalized spacial score (nSPS) is 13.1. The molecule has 0 unspecified atom stereocenters. The number of carbonyl (C=O) groups is 1. The maximum Gasteiger partial charge on any atom is 0.519 e. The average molecular weight is 659 g/mol. The van der Waals surface area contributed by atoms with Crippen LogP contribution in [0.5, 0.6) is 11.5 Å². The lowest BCUT2D eigenvalue weighted by atomic mass is 9.83. The highest BCUT2D eigenvalue weighted by Crippen LogP contribution is 2.52. The van der Waals surface area contributed by atoms with E-state index in [1.165, 1.54) is 97.0 Å². The molecule has 0 saturated carbocycles. The van der Waals surface area contributed by atoms with Crippen LogP contribution < -0.4 is 9.47 Å². The quantitative estimate of drug-likeness (QED) is 0.0802. The van der Waals surface area contributed by atoms with E-state index in [2.05, 4.69) is 121 Å². The second-order valence-corrected chi connectivity index (χ2v) is 14.7. The summed E-state index contributed by atoms with van der Waals surface area (Å²) in [5.74, 6) is 0.996. The van der Waals surface area contributed by atoms with E-state index in [1.54, 1.807) is 0 Å². The van der Waals surface area contributed by atoms with Crippen LogP contribution in [0.2, 0.25) is 0 Å². The van der Waals surface area contributed by atoms with Gasteiger partial charge in [0, 0.05) is 21.5 Å². The van der Waals surface area contributed by atoms with Crippen molar-refractivity contribution >= 4 is 135 Å². The van der Waals surface area contributed by atoms with Gasteiger partial charge >= 0.3 is 6.16 Å². The molecule has 0 saturated heterocycles. The molecule has 14 rings (SSSR count). The summed E-state index contributed by atoms with van der Waals surface area (Å²) in [5.41, 5.74) is 0. The van der Waals surface area contributed by atoms with E-state index < -0.39 is 6.16 Å². The van der Waals surface area contributed by atoms with Gasteiger partial charge in [0.2, 0.25) is 0 Å². The van der Waals surface area contributed by atoms with Crippen LogP contribution in [0.3, 0.4) is 0 Å². The van der Waals surface area contributed by atoms with Crippen molar-refractivity contribution in [3.8, 4) is 11.5 Å². The summed E-state index contributed by atoms with van der Waals surface area (Å²) >= 11 is 0. The Bertz CT molecular complexity index is 3450. The molecule has 0 aliphatic rings. The van der Waals surface area contributed by atoms with Gasteiger partial charge in [0.25, 0.3) is 0 Å². The predicted molar refractivity (Wildman–Crippen MR) is 217 cm³/mol. The number of benzene rings is 14. The topological polar surface area (TPSA) is 35.5 Å². The summed E-state index contributed by atoms with van der Waals surface area (Å²) in [6, 6.07) is 47.8. The third-order valence-corrected chi connectivity index (χ3v) is 12.3. The number of hydrogen-bond donors (Lipinski definition) is 0. The van der Waals surface area contributed by atoms with Gasteiger partial charge in [0.15, 0.2) is 0 Å². The predicted octanol–water partition coefficient (Wildman–Crippen LogP) is 13.7. The summed E-state index contributed by atoms with van der Waals surface area (Å²) in [6.07, 6.45) is -0.751. The van der Waals surface area contributed by atoms with Crippen LogP contribution >= 0.6 is 0 Å². The maximum atomic E-state index is 14.1. The minimum atomic E-state index is -0.751. The van der Waals surface area contributed by atoms with E-state index in [-0.39, 0.29) is 0 Å². The molecule has 0 fully saturated rings. The summed E-state index contributed by atoms with van der Waals surface area (Å²) in [4.78, 5) is 14.1. The first-order valence-electron chi connectivity index (χ1n) is 17.8. The molecule has 3 nitrogen and oxygen atoms in total. The Labute approximate surface area is 293 Å². The Hall–Kier alpha value is -6.97. The van der Waals surface area contributed by atoms with Crippen molar-refractivity contribution in [2.45, 2.75) is 0 Å². The first-order chi connectivity index (χ1) is 25.7. The molecule has 0 aliphatic carbocycles. The van der Waals surface area contributed by atoms with Crippen LogP contribution in [0, 0.1) is 0 Å². The fourth-order valence-electron chi connectivity index (χ4n) is 10.3. The zero-order valence-electron chi connectivity index (χ0n) is 27.4. The molecule has 0 radical (unpaired) electrons. The van der Waals surface area contributed by atoms with Crippen LogP contribution in [-0.2, 0) is 0 Å². The molecule has 0 bridgehead atoms. The van der Waals surface area contributed by atoms with Gasteiger partial charge in [0.05, 0.1) is 0 Å².